The van der Waals surface area contributed by atoms with E-state index in [2.05, 4.69) is 5.32 Å². The zero-order valence-electron chi connectivity index (χ0n) is 14.9. The van der Waals surface area contributed by atoms with Crippen LogP contribution in [0.3, 0.4) is 0 Å². The molecule has 0 aromatic heterocycles. The maximum atomic E-state index is 12.2. The number of sulfonamides is 1. The van der Waals surface area contributed by atoms with Crippen LogP contribution in [-0.4, -0.2) is 45.6 Å². The van der Waals surface area contributed by atoms with Crippen molar-refractivity contribution in [2.24, 2.45) is 0 Å². The van der Waals surface area contributed by atoms with Crippen LogP contribution in [0.2, 0.25) is 0 Å². The van der Waals surface area contributed by atoms with Crippen LogP contribution < -0.4 is 10.1 Å². The average molecular weight is 395 g/mol. The topological polar surface area (TPSA) is 75.7 Å². The Kier molecular flexibility index (Phi) is 7.07. The Hall–Kier alpha value is -2.03. The molecule has 26 heavy (non-hydrogen) atoms. The predicted molar refractivity (Wildman–Crippen MR) is 105 cm³/mol. The monoisotopic (exact) mass is 394 g/mol. The van der Waals surface area contributed by atoms with Crippen LogP contribution in [0.4, 0.5) is 5.69 Å². The molecule has 0 aliphatic rings. The van der Waals surface area contributed by atoms with E-state index in [9.17, 15) is 13.2 Å². The molecule has 140 valence electrons. The van der Waals surface area contributed by atoms with Crippen molar-refractivity contribution >= 4 is 33.4 Å². The Morgan fingerprint density at radius 2 is 1.88 bits per heavy atom. The fourth-order valence-corrected chi connectivity index (χ4v) is 3.89. The number of nitrogens with one attached hydrogen (secondary N) is 1. The maximum Gasteiger partial charge on any atom is 0.242 e. The van der Waals surface area contributed by atoms with Crippen LogP contribution in [0, 0.1) is 0 Å². The van der Waals surface area contributed by atoms with Gasteiger partial charge in [-0.3, -0.25) is 4.79 Å². The molecular formula is C18H22N2O4S2. The van der Waals surface area contributed by atoms with Crippen LogP contribution in [0.15, 0.2) is 53.4 Å². The van der Waals surface area contributed by atoms with Gasteiger partial charge in [0.2, 0.25) is 15.9 Å². The lowest BCUT2D eigenvalue weighted by Gasteiger charge is -2.12. The second kappa shape index (κ2) is 9.07. The number of hydrogen-bond donors (Lipinski definition) is 1. The molecule has 0 saturated carbocycles. The summed E-state index contributed by atoms with van der Waals surface area (Å²) in [5.74, 6) is 1.55. The summed E-state index contributed by atoms with van der Waals surface area (Å²) in [6.07, 6.45) is 0. The molecule has 0 atom stereocenters. The average Bonchev–Trinajstić information content (AvgIpc) is 2.62. The first-order valence-corrected chi connectivity index (χ1v) is 10.5. The summed E-state index contributed by atoms with van der Waals surface area (Å²) < 4.78 is 30.6. The summed E-state index contributed by atoms with van der Waals surface area (Å²) in [6, 6.07) is 13.9. The number of methoxy groups -OCH3 is 1. The van der Waals surface area contributed by atoms with Crippen LogP contribution in [0.5, 0.6) is 5.75 Å². The first kappa shape index (κ1) is 20.3. The van der Waals surface area contributed by atoms with E-state index >= 15 is 0 Å². The molecule has 0 bridgehead atoms. The van der Waals surface area contributed by atoms with Gasteiger partial charge >= 0.3 is 0 Å². The summed E-state index contributed by atoms with van der Waals surface area (Å²) in [5.41, 5.74) is 1.53. The predicted octanol–water partition coefficient (Wildman–Crippen LogP) is 2.82. The Bertz CT molecular complexity index is 867. The summed E-state index contributed by atoms with van der Waals surface area (Å²) in [5, 5.41) is 2.73. The first-order valence-electron chi connectivity index (χ1n) is 7.86. The number of ether oxygens (including phenoxy) is 1. The minimum atomic E-state index is -3.53. The molecule has 0 saturated heterocycles. The molecule has 6 nitrogen and oxygen atoms in total. The van der Waals surface area contributed by atoms with E-state index in [1.54, 1.807) is 19.2 Å². The summed E-state index contributed by atoms with van der Waals surface area (Å²) in [4.78, 5) is 12.2. The molecule has 0 unspecified atom stereocenters. The summed E-state index contributed by atoms with van der Waals surface area (Å²) in [6.45, 7) is 0. The highest BCUT2D eigenvalue weighted by molar-refractivity contribution is 7.99. The van der Waals surface area contributed by atoms with Crippen LogP contribution >= 0.6 is 11.8 Å². The highest BCUT2D eigenvalue weighted by Gasteiger charge is 2.17. The molecule has 0 fully saturated rings. The molecule has 2 aromatic carbocycles. The summed E-state index contributed by atoms with van der Waals surface area (Å²) in [7, 11) is 1.02. The van der Waals surface area contributed by atoms with E-state index in [1.807, 2.05) is 24.3 Å². The Morgan fingerprint density at radius 1 is 1.15 bits per heavy atom. The number of anilines is 1. The van der Waals surface area contributed by atoms with Crippen molar-refractivity contribution in [3.05, 3.63) is 54.1 Å². The third-order valence-corrected chi connectivity index (χ3v) is 6.35. The van der Waals surface area contributed by atoms with Gasteiger partial charge in [-0.05, 0) is 35.9 Å². The van der Waals surface area contributed by atoms with Crippen LogP contribution in [0.1, 0.15) is 5.56 Å². The van der Waals surface area contributed by atoms with E-state index in [-0.39, 0.29) is 16.6 Å². The standard InChI is InChI=1S/C18H22N2O4S2/c1-20(2)26(22,23)17-9-5-7-15(11-17)19-18(21)13-25-12-14-6-4-8-16(10-14)24-3/h4-11H,12-13H2,1-3H3,(H,19,21). The number of hydrogen-bond acceptors (Lipinski definition) is 5. The van der Waals surface area contributed by atoms with Crippen molar-refractivity contribution in [3.8, 4) is 5.75 Å². The number of thioether (sulfide) groups is 1. The number of carbonyl (C=O) groups excluding carboxylic acids is 1. The van der Waals surface area contributed by atoms with E-state index in [0.717, 1.165) is 15.6 Å². The quantitative estimate of drug-likeness (QED) is 0.745. The van der Waals surface area contributed by atoms with Gasteiger partial charge in [-0.2, -0.15) is 0 Å². The Balaban J connectivity index is 1.92. The smallest absolute Gasteiger partial charge is 0.242 e. The van der Waals surface area contributed by atoms with Gasteiger partial charge in [0.25, 0.3) is 0 Å². The van der Waals surface area contributed by atoms with Gasteiger partial charge in [-0.15, -0.1) is 11.8 Å². The van der Waals surface area contributed by atoms with Crippen LogP contribution in [0.25, 0.3) is 0 Å². The van der Waals surface area contributed by atoms with Crippen molar-refractivity contribution in [2.75, 3.05) is 32.3 Å². The number of amides is 1. The van der Waals surface area contributed by atoms with Crippen molar-refractivity contribution in [1.82, 2.24) is 4.31 Å². The fourth-order valence-electron chi connectivity index (χ4n) is 2.17. The van der Waals surface area contributed by atoms with Gasteiger partial charge in [0.05, 0.1) is 17.8 Å². The number of nitrogens with zero attached hydrogens (tertiary/aromatic N) is 1. The molecule has 1 N–H and O–H groups in total. The third kappa shape index (κ3) is 5.48. The Morgan fingerprint density at radius 3 is 2.58 bits per heavy atom. The van der Waals surface area contributed by atoms with Crippen molar-refractivity contribution in [1.29, 1.82) is 0 Å². The molecule has 0 aliphatic carbocycles. The maximum absolute atomic E-state index is 12.2. The molecule has 0 aliphatic heterocycles. The second-order valence-electron chi connectivity index (χ2n) is 5.71. The normalized spacial score (nSPS) is 11.4. The fraction of sp³-hybridized carbons (Fsp3) is 0.278. The van der Waals surface area contributed by atoms with Crippen molar-refractivity contribution in [3.63, 3.8) is 0 Å². The Labute approximate surface area is 158 Å². The third-order valence-electron chi connectivity index (χ3n) is 3.53. The lowest BCUT2D eigenvalue weighted by molar-refractivity contribution is -0.113. The van der Waals surface area contributed by atoms with Gasteiger partial charge in [0.15, 0.2) is 0 Å². The van der Waals surface area contributed by atoms with Gasteiger partial charge in [-0.25, -0.2) is 12.7 Å². The molecule has 8 heteroatoms. The van der Waals surface area contributed by atoms with Crippen molar-refractivity contribution in [2.45, 2.75) is 10.6 Å². The van der Waals surface area contributed by atoms with E-state index in [1.165, 1.54) is 38.0 Å². The molecule has 2 rings (SSSR count). The lowest BCUT2D eigenvalue weighted by atomic mass is 10.2. The van der Waals surface area contributed by atoms with E-state index in [4.69, 9.17) is 4.74 Å². The zero-order valence-corrected chi connectivity index (χ0v) is 16.6. The second-order valence-corrected chi connectivity index (χ2v) is 8.85. The first-order chi connectivity index (χ1) is 12.3. The van der Waals surface area contributed by atoms with Gasteiger partial charge in [-0.1, -0.05) is 18.2 Å². The minimum absolute atomic E-state index is 0.143. The molecule has 0 spiro atoms. The van der Waals surface area contributed by atoms with Gasteiger partial charge in [0.1, 0.15) is 5.75 Å². The van der Waals surface area contributed by atoms with Gasteiger partial charge < -0.3 is 10.1 Å². The van der Waals surface area contributed by atoms with Crippen LogP contribution in [-0.2, 0) is 20.6 Å². The number of carbonyl (C=O) groups is 1. The highest BCUT2D eigenvalue weighted by Crippen LogP contribution is 2.20. The zero-order chi connectivity index (χ0) is 19.2. The van der Waals surface area contributed by atoms with Gasteiger partial charge in [0, 0.05) is 25.5 Å². The SMILES string of the molecule is COc1cccc(CSCC(=O)Nc2cccc(S(=O)(=O)N(C)C)c2)c1. The van der Waals surface area contributed by atoms with E-state index in [0.29, 0.717) is 11.4 Å². The molecule has 2 aromatic rings. The lowest BCUT2D eigenvalue weighted by Crippen LogP contribution is -2.22. The summed E-state index contributed by atoms with van der Waals surface area (Å²) >= 11 is 1.47. The number of benzene rings is 2. The largest absolute Gasteiger partial charge is 0.497 e. The highest BCUT2D eigenvalue weighted by atomic mass is 32.2. The molecule has 1 amide bonds. The van der Waals surface area contributed by atoms with E-state index < -0.39 is 10.0 Å². The molecule has 0 radical (unpaired) electrons. The van der Waals surface area contributed by atoms with Crippen molar-refractivity contribution < 1.29 is 17.9 Å². The molecule has 0 heterocycles. The molecular weight excluding hydrogens is 372 g/mol. The number of rotatable bonds is 8. The minimum Gasteiger partial charge on any atom is -0.497 e.